The summed E-state index contributed by atoms with van der Waals surface area (Å²) in [6.45, 7) is 0. The van der Waals surface area contributed by atoms with E-state index >= 15 is 0 Å². The summed E-state index contributed by atoms with van der Waals surface area (Å²) < 4.78 is 0. The molecule has 0 atom stereocenters. The summed E-state index contributed by atoms with van der Waals surface area (Å²) >= 11 is 0. The van der Waals surface area contributed by atoms with Gasteiger partial charge in [0, 0.05) is 17.7 Å². The monoisotopic (exact) mass is 248 g/mol. The van der Waals surface area contributed by atoms with E-state index in [0.29, 0.717) is 0 Å². The first-order chi connectivity index (χ1) is 8.59. The normalized spacial score (nSPS) is 19.2. The van der Waals surface area contributed by atoms with E-state index in [4.69, 9.17) is 5.73 Å². The van der Waals surface area contributed by atoms with Crippen molar-refractivity contribution in [2.75, 3.05) is 0 Å². The fourth-order valence-electron chi connectivity index (χ4n) is 2.80. The molecule has 1 aromatic rings. The largest absolute Gasteiger partial charge is 0.325 e. The average Bonchev–Trinajstić information content (AvgIpc) is 2.54. The molecular formula is C14H20N2O2. The van der Waals surface area contributed by atoms with Crippen LogP contribution in [0.15, 0.2) is 24.3 Å². The van der Waals surface area contributed by atoms with Gasteiger partial charge in [0.2, 0.25) is 0 Å². The van der Waals surface area contributed by atoms with E-state index in [1.54, 1.807) is 12.1 Å². The minimum absolute atomic E-state index is 0.157. The quantitative estimate of drug-likeness (QED) is 0.507. The second kappa shape index (κ2) is 5.48. The van der Waals surface area contributed by atoms with Gasteiger partial charge in [-0.1, -0.05) is 37.8 Å². The number of nitrogens with zero attached hydrogens (tertiary/aromatic N) is 1. The highest BCUT2D eigenvalue weighted by Crippen LogP contribution is 2.29. The predicted octanol–water partition coefficient (Wildman–Crippen LogP) is 3.19. The number of non-ortho nitro benzene ring substituents is 1. The second-order valence-electron chi connectivity index (χ2n) is 5.38. The molecule has 0 spiro atoms. The fraction of sp³-hybridized carbons (Fsp3) is 0.571. The van der Waals surface area contributed by atoms with Crippen molar-refractivity contribution in [3.05, 3.63) is 39.9 Å². The van der Waals surface area contributed by atoms with Crippen molar-refractivity contribution in [3.8, 4) is 0 Å². The topological polar surface area (TPSA) is 69.2 Å². The molecule has 0 aliphatic heterocycles. The van der Waals surface area contributed by atoms with Crippen molar-refractivity contribution in [3.63, 3.8) is 0 Å². The maximum Gasteiger partial charge on any atom is 0.269 e. The second-order valence-corrected chi connectivity index (χ2v) is 5.38. The molecule has 1 aromatic carbocycles. The van der Waals surface area contributed by atoms with Crippen molar-refractivity contribution in [1.82, 2.24) is 0 Å². The van der Waals surface area contributed by atoms with E-state index in [1.807, 2.05) is 6.07 Å². The summed E-state index contributed by atoms with van der Waals surface area (Å²) in [7, 11) is 0. The highest BCUT2D eigenvalue weighted by atomic mass is 16.6. The van der Waals surface area contributed by atoms with Crippen LogP contribution >= 0.6 is 0 Å². The number of rotatable bonds is 3. The average molecular weight is 248 g/mol. The number of nitro benzene ring substituents is 1. The van der Waals surface area contributed by atoms with Gasteiger partial charge in [-0.2, -0.15) is 0 Å². The Kier molecular flexibility index (Phi) is 3.97. The smallest absolute Gasteiger partial charge is 0.269 e. The van der Waals surface area contributed by atoms with Crippen molar-refractivity contribution >= 4 is 5.69 Å². The number of hydrogen-bond donors (Lipinski definition) is 1. The molecule has 2 rings (SSSR count). The number of hydrogen-bond acceptors (Lipinski definition) is 3. The van der Waals surface area contributed by atoms with Crippen LogP contribution in [-0.4, -0.2) is 10.5 Å². The molecule has 0 heterocycles. The van der Waals surface area contributed by atoms with E-state index < -0.39 is 0 Å². The van der Waals surface area contributed by atoms with Crippen LogP contribution in [0.5, 0.6) is 0 Å². The summed E-state index contributed by atoms with van der Waals surface area (Å²) in [4.78, 5) is 10.4. The van der Waals surface area contributed by atoms with Gasteiger partial charge in [0.1, 0.15) is 0 Å². The molecule has 0 amide bonds. The van der Waals surface area contributed by atoms with Gasteiger partial charge in [0.25, 0.3) is 5.69 Å². The maximum atomic E-state index is 10.8. The third-order valence-electron chi connectivity index (χ3n) is 3.78. The van der Waals surface area contributed by atoms with Gasteiger partial charge < -0.3 is 5.73 Å². The first-order valence-electron chi connectivity index (χ1n) is 6.61. The van der Waals surface area contributed by atoms with Crippen molar-refractivity contribution < 1.29 is 4.92 Å². The Hall–Kier alpha value is -1.42. The van der Waals surface area contributed by atoms with Crippen LogP contribution in [0.25, 0.3) is 0 Å². The van der Waals surface area contributed by atoms with Gasteiger partial charge in [-0.25, -0.2) is 0 Å². The van der Waals surface area contributed by atoms with E-state index in [-0.39, 0.29) is 16.1 Å². The van der Waals surface area contributed by atoms with Crippen LogP contribution < -0.4 is 5.73 Å². The van der Waals surface area contributed by atoms with Crippen LogP contribution in [0, 0.1) is 10.1 Å². The lowest BCUT2D eigenvalue weighted by Gasteiger charge is -2.28. The Balaban J connectivity index is 2.12. The van der Waals surface area contributed by atoms with Gasteiger partial charge in [0.05, 0.1) is 4.92 Å². The Bertz CT molecular complexity index is 424. The number of nitro groups is 1. The van der Waals surface area contributed by atoms with E-state index in [9.17, 15) is 10.1 Å². The summed E-state index contributed by atoms with van der Waals surface area (Å²) in [5, 5.41) is 10.8. The summed E-state index contributed by atoms with van der Waals surface area (Å²) in [5.41, 5.74) is 7.41. The fourth-order valence-corrected chi connectivity index (χ4v) is 2.80. The number of benzene rings is 1. The van der Waals surface area contributed by atoms with Gasteiger partial charge >= 0.3 is 0 Å². The van der Waals surface area contributed by atoms with E-state index in [0.717, 1.165) is 24.8 Å². The van der Waals surface area contributed by atoms with Crippen LogP contribution in [0.3, 0.4) is 0 Å². The lowest BCUT2D eigenvalue weighted by Crippen LogP contribution is -2.41. The van der Waals surface area contributed by atoms with Gasteiger partial charge in [0.15, 0.2) is 0 Å². The van der Waals surface area contributed by atoms with E-state index in [1.165, 1.54) is 31.7 Å². The van der Waals surface area contributed by atoms with Crippen LogP contribution in [0.4, 0.5) is 5.69 Å². The molecule has 4 nitrogen and oxygen atoms in total. The first-order valence-corrected chi connectivity index (χ1v) is 6.61. The molecule has 1 saturated carbocycles. The van der Waals surface area contributed by atoms with Crippen molar-refractivity contribution in [2.24, 2.45) is 5.73 Å². The molecule has 0 bridgehead atoms. The summed E-state index contributed by atoms with van der Waals surface area (Å²) in [6.07, 6.45) is 7.65. The molecule has 1 aliphatic carbocycles. The molecule has 0 radical (unpaired) electrons. The van der Waals surface area contributed by atoms with Gasteiger partial charge in [-0.15, -0.1) is 0 Å². The Morgan fingerprint density at radius 1 is 1.22 bits per heavy atom. The number of nitrogens with two attached hydrogens (primary N) is 1. The first kappa shape index (κ1) is 13.0. The highest BCUT2D eigenvalue weighted by molar-refractivity contribution is 5.35. The minimum Gasteiger partial charge on any atom is -0.325 e. The molecular weight excluding hydrogens is 228 g/mol. The van der Waals surface area contributed by atoms with Gasteiger partial charge in [-0.3, -0.25) is 10.1 Å². The molecule has 98 valence electrons. The lowest BCUT2D eigenvalue weighted by molar-refractivity contribution is -0.384. The third kappa shape index (κ3) is 3.29. The molecule has 2 N–H and O–H groups in total. The van der Waals surface area contributed by atoms with Gasteiger partial charge in [-0.05, 0) is 24.8 Å². The summed E-state index contributed by atoms with van der Waals surface area (Å²) in [5.74, 6) is 0. The maximum absolute atomic E-state index is 10.8. The lowest BCUT2D eigenvalue weighted by atomic mass is 9.85. The Morgan fingerprint density at radius 3 is 2.50 bits per heavy atom. The third-order valence-corrected chi connectivity index (χ3v) is 3.78. The predicted molar refractivity (Wildman–Crippen MR) is 71.4 cm³/mol. The minimum atomic E-state index is -0.347. The highest BCUT2D eigenvalue weighted by Gasteiger charge is 2.26. The zero-order valence-electron chi connectivity index (χ0n) is 10.6. The molecule has 0 aromatic heterocycles. The van der Waals surface area contributed by atoms with E-state index in [2.05, 4.69) is 0 Å². The molecule has 1 fully saturated rings. The zero-order valence-corrected chi connectivity index (χ0v) is 10.6. The molecule has 4 heteroatoms. The summed E-state index contributed by atoms with van der Waals surface area (Å²) in [6, 6.07) is 6.86. The standard InChI is InChI=1S/C14H20N2O2/c15-14(8-3-1-2-4-9-14)11-12-6-5-7-13(10-12)16(17)18/h5-7,10H,1-4,8-9,11,15H2. The Morgan fingerprint density at radius 2 is 1.89 bits per heavy atom. The Labute approximate surface area is 107 Å². The molecule has 0 saturated heterocycles. The van der Waals surface area contributed by atoms with Crippen molar-refractivity contribution in [1.29, 1.82) is 0 Å². The zero-order chi connectivity index (χ0) is 13.0. The molecule has 18 heavy (non-hydrogen) atoms. The molecule has 1 aliphatic rings. The van der Waals surface area contributed by atoms with Crippen LogP contribution in [0.2, 0.25) is 0 Å². The van der Waals surface area contributed by atoms with Crippen molar-refractivity contribution in [2.45, 2.75) is 50.5 Å². The SMILES string of the molecule is NC1(Cc2cccc([N+](=O)[O-])c2)CCCCCC1. The van der Waals surface area contributed by atoms with Crippen LogP contribution in [0.1, 0.15) is 44.1 Å². The van der Waals surface area contributed by atoms with Crippen LogP contribution in [-0.2, 0) is 6.42 Å². The molecule has 0 unspecified atom stereocenters.